The highest BCUT2D eigenvalue weighted by Gasteiger charge is 2.40. The van der Waals surface area contributed by atoms with Gasteiger partial charge in [-0.05, 0) is 57.2 Å². The zero-order valence-electron chi connectivity index (χ0n) is 16.6. The van der Waals surface area contributed by atoms with Gasteiger partial charge < -0.3 is 10.2 Å². The molecule has 0 aromatic heterocycles. The molecule has 1 heterocycles. The van der Waals surface area contributed by atoms with Crippen molar-refractivity contribution < 1.29 is 19.2 Å². The van der Waals surface area contributed by atoms with Crippen molar-refractivity contribution in [2.24, 2.45) is 0 Å². The van der Waals surface area contributed by atoms with Crippen LogP contribution in [0, 0.1) is 0 Å². The van der Waals surface area contributed by atoms with Crippen molar-refractivity contribution in [2.45, 2.75) is 26.8 Å². The van der Waals surface area contributed by atoms with E-state index in [1.807, 2.05) is 13.8 Å². The summed E-state index contributed by atoms with van der Waals surface area (Å²) in [5.41, 5.74) is 1.61. The van der Waals surface area contributed by atoms with Gasteiger partial charge in [-0.15, -0.1) is 0 Å². The second-order valence-electron chi connectivity index (χ2n) is 6.75. The molecule has 0 saturated heterocycles. The quantitative estimate of drug-likeness (QED) is 0.765. The summed E-state index contributed by atoms with van der Waals surface area (Å²) in [5, 5.41) is 2.70. The van der Waals surface area contributed by atoms with E-state index in [-0.39, 0.29) is 5.91 Å². The normalized spacial score (nSPS) is 13.8. The standard InChI is InChI=1S/C22H23N3O4/c1-4-24(5-2)20(27)15-10-12-16(13-11-15)23-19(26)14(3)25-21(28)17-8-6-7-9-18(17)22(25)29/h6-14H,4-5H2,1-3H3,(H,23,26)/t14-/m0/s1. The molecular formula is C22H23N3O4. The summed E-state index contributed by atoms with van der Waals surface area (Å²) < 4.78 is 0. The van der Waals surface area contributed by atoms with E-state index in [0.29, 0.717) is 35.5 Å². The molecule has 150 valence electrons. The van der Waals surface area contributed by atoms with E-state index < -0.39 is 23.8 Å². The Labute approximate surface area is 169 Å². The molecule has 1 N–H and O–H groups in total. The number of carbonyl (C=O) groups is 4. The summed E-state index contributed by atoms with van der Waals surface area (Å²) in [6.45, 7) is 6.57. The van der Waals surface area contributed by atoms with Gasteiger partial charge in [0.15, 0.2) is 0 Å². The second-order valence-corrected chi connectivity index (χ2v) is 6.75. The zero-order valence-corrected chi connectivity index (χ0v) is 16.6. The van der Waals surface area contributed by atoms with Gasteiger partial charge in [-0.2, -0.15) is 0 Å². The minimum absolute atomic E-state index is 0.0766. The van der Waals surface area contributed by atoms with Gasteiger partial charge in [0.1, 0.15) is 6.04 Å². The smallest absolute Gasteiger partial charge is 0.262 e. The highest BCUT2D eigenvalue weighted by atomic mass is 16.2. The van der Waals surface area contributed by atoms with Crippen LogP contribution < -0.4 is 5.32 Å². The first-order valence-corrected chi connectivity index (χ1v) is 9.56. The third-order valence-corrected chi connectivity index (χ3v) is 5.04. The molecule has 0 fully saturated rings. The highest BCUT2D eigenvalue weighted by molar-refractivity contribution is 6.23. The molecule has 0 aliphatic carbocycles. The van der Waals surface area contributed by atoms with E-state index >= 15 is 0 Å². The molecule has 7 nitrogen and oxygen atoms in total. The molecule has 7 heteroatoms. The van der Waals surface area contributed by atoms with Gasteiger partial charge in [-0.3, -0.25) is 24.1 Å². The van der Waals surface area contributed by atoms with Crippen LogP contribution in [0.1, 0.15) is 51.8 Å². The van der Waals surface area contributed by atoms with Gasteiger partial charge in [0.05, 0.1) is 11.1 Å². The van der Waals surface area contributed by atoms with Crippen molar-refractivity contribution in [3.63, 3.8) is 0 Å². The molecule has 0 spiro atoms. The summed E-state index contributed by atoms with van der Waals surface area (Å²) in [6, 6.07) is 12.1. The zero-order chi connectivity index (χ0) is 21.1. The van der Waals surface area contributed by atoms with Crippen molar-refractivity contribution in [3.05, 3.63) is 65.2 Å². The van der Waals surface area contributed by atoms with Gasteiger partial charge in [0, 0.05) is 24.3 Å². The average Bonchev–Trinajstić information content (AvgIpc) is 2.99. The van der Waals surface area contributed by atoms with Crippen molar-refractivity contribution in [3.8, 4) is 0 Å². The fraction of sp³-hybridized carbons (Fsp3) is 0.273. The van der Waals surface area contributed by atoms with Gasteiger partial charge >= 0.3 is 0 Å². The van der Waals surface area contributed by atoms with Crippen LogP contribution in [0.4, 0.5) is 5.69 Å². The molecule has 1 aliphatic heterocycles. The summed E-state index contributed by atoms with van der Waals surface area (Å²) in [7, 11) is 0. The molecule has 0 radical (unpaired) electrons. The highest BCUT2D eigenvalue weighted by Crippen LogP contribution is 2.25. The largest absolute Gasteiger partial charge is 0.339 e. The average molecular weight is 393 g/mol. The third-order valence-electron chi connectivity index (χ3n) is 5.04. The van der Waals surface area contributed by atoms with Gasteiger partial charge in [-0.25, -0.2) is 0 Å². The van der Waals surface area contributed by atoms with Gasteiger partial charge in [0.2, 0.25) is 5.91 Å². The van der Waals surface area contributed by atoms with Gasteiger partial charge in [0.25, 0.3) is 17.7 Å². The molecule has 29 heavy (non-hydrogen) atoms. The first-order chi connectivity index (χ1) is 13.9. The first kappa shape index (κ1) is 20.3. The van der Waals surface area contributed by atoms with Crippen LogP contribution in [0.15, 0.2) is 48.5 Å². The van der Waals surface area contributed by atoms with E-state index in [2.05, 4.69) is 5.32 Å². The Kier molecular flexibility index (Phi) is 5.77. The number of nitrogens with one attached hydrogen (secondary N) is 1. The maximum atomic E-state index is 12.6. The number of nitrogens with zero attached hydrogens (tertiary/aromatic N) is 2. The maximum Gasteiger partial charge on any atom is 0.262 e. The Morgan fingerprint density at radius 3 is 1.93 bits per heavy atom. The number of imide groups is 1. The monoisotopic (exact) mass is 393 g/mol. The summed E-state index contributed by atoms with van der Waals surface area (Å²) >= 11 is 0. The van der Waals surface area contributed by atoms with Crippen LogP contribution >= 0.6 is 0 Å². The molecule has 3 rings (SSSR count). The number of carbonyl (C=O) groups excluding carboxylic acids is 4. The molecule has 4 amide bonds. The number of hydrogen-bond donors (Lipinski definition) is 1. The Morgan fingerprint density at radius 1 is 0.931 bits per heavy atom. The van der Waals surface area contributed by atoms with E-state index in [0.717, 1.165) is 4.90 Å². The van der Waals surface area contributed by atoms with Crippen molar-refractivity contribution in [1.82, 2.24) is 9.80 Å². The van der Waals surface area contributed by atoms with Crippen LogP contribution in [0.5, 0.6) is 0 Å². The lowest BCUT2D eigenvalue weighted by Crippen LogP contribution is -2.45. The fourth-order valence-electron chi connectivity index (χ4n) is 3.31. The Balaban J connectivity index is 1.70. The number of anilines is 1. The van der Waals surface area contributed by atoms with E-state index in [1.165, 1.54) is 6.92 Å². The molecule has 0 bridgehead atoms. The minimum Gasteiger partial charge on any atom is -0.339 e. The molecule has 0 saturated carbocycles. The summed E-state index contributed by atoms with van der Waals surface area (Å²) in [5.74, 6) is -1.52. The van der Waals surface area contributed by atoms with Crippen LogP contribution in [0.25, 0.3) is 0 Å². The lowest BCUT2D eigenvalue weighted by Gasteiger charge is -2.22. The molecule has 2 aromatic carbocycles. The van der Waals surface area contributed by atoms with Crippen molar-refractivity contribution in [1.29, 1.82) is 0 Å². The first-order valence-electron chi connectivity index (χ1n) is 9.56. The van der Waals surface area contributed by atoms with E-state index in [9.17, 15) is 19.2 Å². The molecule has 2 aromatic rings. The van der Waals surface area contributed by atoms with Gasteiger partial charge in [-0.1, -0.05) is 12.1 Å². The predicted molar refractivity (Wildman–Crippen MR) is 109 cm³/mol. The number of hydrogen-bond acceptors (Lipinski definition) is 4. The summed E-state index contributed by atoms with van der Waals surface area (Å²) in [4.78, 5) is 52.7. The SMILES string of the molecule is CCN(CC)C(=O)c1ccc(NC(=O)[C@H](C)N2C(=O)c3ccccc3C2=O)cc1. The fourth-order valence-corrected chi connectivity index (χ4v) is 3.31. The number of rotatable bonds is 6. The van der Waals surface area contributed by atoms with Crippen molar-refractivity contribution in [2.75, 3.05) is 18.4 Å². The predicted octanol–water partition coefficient (Wildman–Crippen LogP) is 2.79. The number of amides is 4. The topological polar surface area (TPSA) is 86.8 Å². The summed E-state index contributed by atoms with van der Waals surface area (Å²) in [6.07, 6.45) is 0. The van der Waals surface area contributed by atoms with Crippen LogP contribution in [-0.2, 0) is 4.79 Å². The molecular weight excluding hydrogens is 370 g/mol. The van der Waals surface area contributed by atoms with Crippen LogP contribution in [0.2, 0.25) is 0 Å². The van der Waals surface area contributed by atoms with Crippen LogP contribution in [-0.4, -0.2) is 52.6 Å². The third kappa shape index (κ3) is 3.76. The van der Waals surface area contributed by atoms with E-state index in [4.69, 9.17) is 0 Å². The minimum atomic E-state index is -0.973. The molecule has 1 aliphatic rings. The molecule has 1 atom stereocenters. The number of benzene rings is 2. The Morgan fingerprint density at radius 2 is 1.45 bits per heavy atom. The molecule has 0 unspecified atom stereocenters. The lowest BCUT2D eigenvalue weighted by molar-refractivity contribution is -0.119. The lowest BCUT2D eigenvalue weighted by atomic mass is 10.1. The Bertz CT molecular complexity index is 929. The Hall–Kier alpha value is -3.48. The van der Waals surface area contributed by atoms with Crippen LogP contribution in [0.3, 0.4) is 0 Å². The number of fused-ring (bicyclic) bond motifs is 1. The second kappa shape index (κ2) is 8.26. The maximum absolute atomic E-state index is 12.6. The van der Waals surface area contributed by atoms with Crippen molar-refractivity contribution >= 4 is 29.3 Å². The van der Waals surface area contributed by atoms with E-state index in [1.54, 1.807) is 53.4 Å².